The number of nitrogens with zero attached hydrogens (tertiary/aromatic N) is 2. The maximum Gasteiger partial charge on any atom is 0.311 e. The van der Waals surface area contributed by atoms with E-state index in [-0.39, 0.29) is 23.9 Å². The van der Waals surface area contributed by atoms with E-state index in [9.17, 15) is 14.9 Å². The number of anilines is 1. The van der Waals surface area contributed by atoms with Crippen molar-refractivity contribution in [2.24, 2.45) is 0 Å². The van der Waals surface area contributed by atoms with Crippen LogP contribution in [0.5, 0.6) is 5.75 Å². The van der Waals surface area contributed by atoms with Crippen LogP contribution in [0.25, 0.3) is 0 Å². The van der Waals surface area contributed by atoms with Crippen molar-refractivity contribution in [3.8, 4) is 5.75 Å². The predicted octanol–water partition coefficient (Wildman–Crippen LogP) is 3.70. The maximum absolute atomic E-state index is 12.2. The van der Waals surface area contributed by atoms with E-state index < -0.39 is 4.92 Å². The van der Waals surface area contributed by atoms with E-state index in [1.165, 1.54) is 30.6 Å². The zero-order valence-electron chi connectivity index (χ0n) is 14.0. The molecule has 1 aromatic heterocycles. The molecule has 2 aromatic rings. The SMILES string of the molecule is COc1cc(NC(=O)CN(C)Cc2ccc(Cl)s2)c(C)cc1[N+](=O)[O-]. The molecular weight excluding hydrogens is 366 g/mol. The van der Waals surface area contributed by atoms with Gasteiger partial charge in [0.25, 0.3) is 0 Å². The fourth-order valence-corrected chi connectivity index (χ4v) is 3.48. The molecular formula is C16H18ClN3O4S. The highest BCUT2D eigenvalue weighted by molar-refractivity contribution is 7.16. The summed E-state index contributed by atoms with van der Waals surface area (Å²) < 4.78 is 5.74. The third-order valence-electron chi connectivity index (χ3n) is 3.46. The Balaban J connectivity index is 2.03. The number of halogens is 1. The number of amides is 1. The number of thiophene rings is 1. The molecule has 0 aliphatic heterocycles. The molecule has 2 rings (SSSR count). The Hall–Kier alpha value is -2.16. The number of nitrogens with one attached hydrogen (secondary N) is 1. The van der Waals surface area contributed by atoms with E-state index in [4.69, 9.17) is 16.3 Å². The van der Waals surface area contributed by atoms with Crippen molar-refractivity contribution in [1.29, 1.82) is 0 Å². The van der Waals surface area contributed by atoms with Gasteiger partial charge in [0.2, 0.25) is 5.91 Å². The number of hydrogen-bond acceptors (Lipinski definition) is 6. The Morgan fingerprint density at radius 2 is 2.16 bits per heavy atom. The van der Waals surface area contributed by atoms with Gasteiger partial charge in [-0.15, -0.1) is 11.3 Å². The normalized spacial score (nSPS) is 10.8. The molecule has 0 aliphatic rings. The molecule has 1 amide bonds. The van der Waals surface area contributed by atoms with E-state index in [0.717, 1.165) is 4.88 Å². The molecule has 134 valence electrons. The number of carbonyl (C=O) groups is 1. The van der Waals surface area contributed by atoms with Crippen molar-refractivity contribution in [1.82, 2.24) is 4.90 Å². The number of carbonyl (C=O) groups excluding carboxylic acids is 1. The van der Waals surface area contributed by atoms with Gasteiger partial charge in [-0.05, 0) is 31.7 Å². The topological polar surface area (TPSA) is 84.7 Å². The predicted molar refractivity (Wildman–Crippen MR) is 98.7 cm³/mol. The standard InChI is InChI=1S/C16H18ClN3O4S/c1-10-6-13(20(22)23)14(24-3)7-12(10)18-16(21)9-19(2)8-11-4-5-15(17)25-11/h4-7H,8-9H2,1-3H3,(H,18,21). The number of nitro benzene ring substituents is 1. The zero-order valence-corrected chi connectivity index (χ0v) is 15.6. The van der Waals surface area contributed by atoms with Gasteiger partial charge in [-0.3, -0.25) is 19.8 Å². The number of rotatable bonds is 7. The monoisotopic (exact) mass is 383 g/mol. The molecule has 25 heavy (non-hydrogen) atoms. The largest absolute Gasteiger partial charge is 0.490 e. The molecule has 0 saturated heterocycles. The second kappa shape index (κ2) is 8.28. The van der Waals surface area contributed by atoms with Crippen LogP contribution in [0.3, 0.4) is 0 Å². The highest BCUT2D eigenvalue weighted by atomic mass is 35.5. The lowest BCUT2D eigenvalue weighted by Crippen LogP contribution is -2.29. The number of nitro groups is 1. The summed E-state index contributed by atoms with van der Waals surface area (Å²) in [6.45, 7) is 2.47. The molecule has 0 spiro atoms. The summed E-state index contributed by atoms with van der Waals surface area (Å²) in [6.07, 6.45) is 0. The smallest absolute Gasteiger partial charge is 0.311 e. The number of ether oxygens (including phenoxy) is 1. The zero-order chi connectivity index (χ0) is 18.6. The third kappa shape index (κ3) is 5.15. The minimum Gasteiger partial charge on any atom is -0.490 e. The third-order valence-corrected chi connectivity index (χ3v) is 4.68. The molecule has 0 atom stereocenters. The Labute approximate surface area is 154 Å². The lowest BCUT2D eigenvalue weighted by Gasteiger charge is -2.16. The molecule has 9 heteroatoms. The van der Waals surface area contributed by atoms with Crippen LogP contribution in [0.1, 0.15) is 10.4 Å². The lowest BCUT2D eigenvalue weighted by atomic mass is 10.1. The van der Waals surface area contributed by atoms with E-state index in [1.807, 2.05) is 24.1 Å². The summed E-state index contributed by atoms with van der Waals surface area (Å²) >= 11 is 7.37. The summed E-state index contributed by atoms with van der Waals surface area (Å²) in [7, 11) is 3.18. The Morgan fingerprint density at radius 1 is 1.44 bits per heavy atom. The molecule has 0 radical (unpaired) electrons. The van der Waals surface area contributed by atoms with E-state index >= 15 is 0 Å². The van der Waals surface area contributed by atoms with Crippen molar-refractivity contribution >= 4 is 40.2 Å². The number of methoxy groups -OCH3 is 1. The molecule has 1 aromatic carbocycles. The maximum atomic E-state index is 12.2. The minimum atomic E-state index is -0.516. The Morgan fingerprint density at radius 3 is 2.72 bits per heavy atom. The van der Waals surface area contributed by atoms with Gasteiger partial charge in [0, 0.05) is 29.2 Å². The second-order valence-corrected chi connectivity index (χ2v) is 7.32. The van der Waals surface area contributed by atoms with Crippen LogP contribution in [0.4, 0.5) is 11.4 Å². The summed E-state index contributed by atoms with van der Waals surface area (Å²) in [5, 5.41) is 13.8. The number of hydrogen-bond donors (Lipinski definition) is 1. The van der Waals surface area contributed by atoms with E-state index in [0.29, 0.717) is 22.1 Å². The quantitative estimate of drug-likeness (QED) is 0.582. The molecule has 0 unspecified atom stereocenters. The van der Waals surface area contributed by atoms with Gasteiger partial charge in [0.1, 0.15) is 0 Å². The Bertz CT molecular complexity index is 794. The minimum absolute atomic E-state index is 0.104. The van der Waals surface area contributed by atoms with Gasteiger partial charge in [0.15, 0.2) is 5.75 Å². The summed E-state index contributed by atoms with van der Waals surface area (Å²) in [4.78, 5) is 25.7. The fourth-order valence-electron chi connectivity index (χ4n) is 2.31. The highest BCUT2D eigenvalue weighted by Gasteiger charge is 2.18. The molecule has 0 fully saturated rings. The van der Waals surface area contributed by atoms with Crippen LogP contribution >= 0.6 is 22.9 Å². The summed E-state index contributed by atoms with van der Waals surface area (Å²) in [5.41, 5.74) is 0.943. The van der Waals surface area contributed by atoms with Gasteiger partial charge in [-0.25, -0.2) is 0 Å². The van der Waals surface area contributed by atoms with Crippen LogP contribution < -0.4 is 10.1 Å². The van der Waals surface area contributed by atoms with Crippen LogP contribution in [0.2, 0.25) is 4.34 Å². The van der Waals surface area contributed by atoms with Crippen molar-refractivity contribution in [3.63, 3.8) is 0 Å². The molecule has 0 aliphatic carbocycles. The number of likely N-dealkylation sites (N-methyl/N-ethyl adjacent to an activating group) is 1. The molecule has 1 N–H and O–H groups in total. The van der Waals surface area contributed by atoms with E-state index in [1.54, 1.807) is 6.92 Å². The average Bonchev–Trinajstić information content (AvgIpc) is 2.93. The fraction of sp³-hybridized carbons (Fsp3) is 0.312. The van der Waals surface area contributed by atoms with Crippen molar-refractivity contribution in [2.75, 3.05) is 26.0 Å². The van der Waals surface area contributed by atoms with Gasteiger partial charge in [-0.1, -0.05) is 11.6 Å². The first-order chi connectivity index (χ1) is 11.8. The van der Waals surface area contributed by atoms with Crippen molar-refractivity contribution < 1.29 is 14.5 Å². The lowest BCUT2D eigenvalue weighted by molar-refractivity contribution is -0.385. The number of aryl methyl sites for hydroxylation is 1. The first-order valence-electron chi connectivity index (χ1n) is 7.35. The number of benzene rings is 1. The first kappa shape index (κ1) is 19.2. The van der Waals surface area contributed by atoms with Crippen LogP contribution in [0.15, 0.2) is 24.3 Å². The van der Waals surface area contributed by atoms with Crippen molar-refractivity contribution in [3.05, 3.63) is 49.2 Å². The van der Waals surface area contributed by atoms with E-state index in [2.05, 4.69) is 5.32 Å². The van der Waals surface area contributed by atoms with Gasteiger partial charge < -0.3 is 10.1 Å². The van der Waals surface area contributed by atoms with Gasteiger partial charge in [0.05, 0.1) is 22.9 Å². The van der Waals surface area contributed by atoms with Crippen LogP contribution in [-0.4, -0.2) is 36.4 Å². The first-order valence-corrected chi connectivity index (χ1v) is 8.55. The highest BCUT2D eigenvalue weighted by Crippen LogP contribution is 2.32. The van der Waals surface area contributed by atoms with Crippen molar-refractivity contribution in [2.45, 2.75) is 13.5 Å². The van der Waals surface area contributed by atoms with Crippen LogP contribution in [0, 0.1) is 17.0 Å². The van der Waals surface area contributed by atoms with Crippen LogP contribution in [-0.2, 0) is 11.3 Å². The average molecular weight is 384 g/mol. The van der Waals surface area contributed by atoms with Gasteiger partial charge >= 0.3 is 5.69 Å². The second-order valence-electron chi connectivity index (χ2n) is 5.52. The summed E-state index contributed by atoms with van der Waals surface area (Å²) in [5.74, 6) is -0.114. The molecule has 0 saturated carbocycles. The molecule has 1 heterocycles. The Kier molecular flexibility index (Phi) is 6.35. The molecule has 0 bridgehead atoms. The molecule has 7 nitrogen and oxygen atoms in total. The summed E-state index contributed by atoms with van der Waals surface area (Å²) in [6, 6.07) is 6.59. The van der Waals surface area contributed by atoms with Gasteiger partial charge in [-0.2, -0.15) is 0 Å².